The molecule has 2 nitrogen and oxygen atoms in total. The van der Waals surface area contributed by atoms with Crippen LogP contribution < -0.4 is 5.32 Å². The largest absolute Gasteiger partial charge is 0.324 e. The Hall–Kier alpha value is -0.540. The number of hydrogen-bond acceptors (Lipinski definition) is 1. The summed E-state index contributed by atoms with van der Waals surface area (Å²) < 4.78 is 0.930. The zero-order valence-electron chi connectivity index (χ0n) is 9.72. The Bertz CT molecular complexity index is 418. The quantitative estimate of drug-likeness (QED) is 0.852. The Kier molecular flexibility index (Phi) is 4.10. The van der Waals surface area contributed by atoms with E-state index in [2.05, 4.69) is 21.2 Å². The van der Waals surface area contributed by atoms with Crippen LogP contribution in [0.5, 0.6) is 0 Å². The SMILES string of the molecule is Cc1cc(Br)cc(Cl)c1NC(=O)C1CCCC1. The molecule has 0 spiro atoms. The van der Waals surface area contributed by atoms with E-state index in [0.717, 1.165) is 41.4 Å². The lowest BCUT2D eigenvalue weighted by Gasteiger charge is -2.14. The van der Waals surface area contributed by atoms with Crippen molar-refractivity contribution in [2.45, 2.75) is 32.6 Å². The van der Waals surface area contributed by atoms with Gasteiger partial charge in [-0.3, -0.25) is 4.79 Å². The van der Waals surface area contributed by atoms with Crippen molar-refractivity contribution in [3.05, 3.63) is 27.2 Å². The Morgan fingerprint density at radius 3 is 2.65 bits per heavy atom. The molecule has 17 heavy (non-hydrogen) atoms. The molecule has 1 aliphatic rings. The average Bonchev–Trinajstić information content (AvgIpc) is 2.76. The van der Waals surface area contributed by atoms with Gasteiger partial charge in [-0.05, 0) is 37.5 Å². The lowest BCUT2D eigenvalue weighted by atomic mass is 10.1. The smallest absolute Gasteiger partial charge is 0.227 e. The van der Waals surface area contributed by atoms with Crippen LogP contribution in [0, 0.1) is 12.8 Å². The molecule has 0 heterocycles. The van der Waals surface area contributed by atoms with Crippen molar-refractivity contribution in [1.82, 2.24) is 0 Å². The third-order valence-corrected chi connectivity index (χ3v) is 3.98. The first kappa shape index (κ1) is 12.9. The van der Waals surface area contributed by atoms with Crippen LogP contribution in [-0.2, 0) is 4.79 Å². The molecular formula is C13H15BrClNO. The number of anilines is 1. The second-order valence-electron chi connectivity index (χ2n) is 4.55. The van der Waals surface area contributed by atoms with Crippen LogP contribution in [0.2, 0.25) is 5.02 Å². The maximum Gasteiger partial charge on any atom is 0.227 e. The van der Waals surface area contributed by atoms with Gasteiger partial charge in [0, 0.05) is 10.4 Å². The van der Waals surface area contributed by atoms with E-state index in [9.17, 15) is 4.79 Å². The molecule has 0 saturated heterocycles. The fourth-order valence-electron chi connectivity index (χ4n) is 2.27. The number of halogens is 2. The first-order chi connectivity index (χ1) is 8.08. The number of carbonyl (C=O) groups is 1. The predicted molar refractivity (Wildman–Crippen MR) is 74.5 cm³/mol. The molecule has 1 amide bonds. The molecule has 0 unspecified atom stereocenters. The van der Waals surface area contributed by atoms with Gasteiger partial charge in [0.1, 0.15) is 0 Å². The standard InChI is InChI=1S/C13H15BrClNO/c1-8-6-10(14)7-11(15)12(8)16-13(17)9-4-2-3-5-9/h6-7,9H,2-5H2,1H3,(H,16,17). The van der Waals surface area contributed by atoms with Gasteiger partial charge in [0.25, 0.3) is 0 Å². The van der Waals surface area contributed by atoms with E-state index in [-0.39, 0.29) is 11.8 Å². The number of rotatable bonds is 2. The van der Waals surface area contributed by atoms with Gasteiger partial charge in [-0.25, -0.2) is 0 Å². The summed E-state index contributed by atoms with van der Waals surface area (Å²) in [6.45, 7) is 1.95. The van der Waals surface area contributed by atoms with Gasteiger partial charge in [0.2, 0.25) is 5.91 Å². The average molecular weight is 317 g/mol. The highest BCUT2D eigenvalue weighted by molar-refractivity contribution is 9.10. The summed E-state index contributed by atoms with van der Waals surface area (Å²) in [5, 5.41) is 3.54. The summed E-state index contributed by atoms with van der Waals surface area (Å²) in [6, 6.07) is 3.76. The van der Waals surface area contributed by atoms with Crippen LogP contribution in [0.3, 0.4) is 0 Å². The maximum atomic E-state index is 12.0. The van der Waals surface area contributed by atoms with Crippen molar-refractivity contribution in [3.8, 4) is 0 Å². The van der Waals surface area contributed by atoms with Gasteiger partial charge in [-0.15, -0.1) is 0 Å². The number of benzene rings is 1. The van der Waals surface area contributed by atoms with Gasteiger partial charge < -0.3 is 5.32 Å². The second kappa shape index (κ2) is 5.40. The molecule has 1 saturated carbocycles. The maximum absolute atomic E-state index is 12.0. The number of carbonyl (C=O) groups excluding carboxylic acids is 1. The summed E-state index contributed by atoms with van der Waals surface area (Å²) in [5.41, 5.74) is 1.72. The van der Waals surface area contributed by atoms with Crippen LogP contribution in [0.4, 0.5) is 5.69 Å². The molecule has 1 N–H and O–H groups in total. The van der Waals surface area contributed by atoms with Gasteiger partial charge in [-0.1, -0.05) is 40.4 Å². The van der Waals surface area contributed by atoms with E-state index in [1.165, 1.54) is 0 Å². The predicted octanol–water partition coefficient (Wildman–Crippen LogP) is 4.54. The van der Waals surface area contributed by atoms with Crippen molar-refractivity contribution in [3.63, 3.8) is 0 Å². The van der Waals surface area contributed by atoms with Crippen molar-refractivity contribution < 1.29 is 4.79 Å². The van der Waals surface area contributed by atoms with Crippen LogP contribution in [0.15, 0.2) is 16.6 Å². The lowest BCUT2D eigenvalue weighted by Crippen LogP contribution is -2.21. The minimum Gasteiger partial charge on any atom is -0.324 e. The third kappa shape index (κ3) is 3.02. The molecule has 1 aromatic carbocycles. The molecule has 0 aromatic heterocycles. The monoisotopic (exact) mass is 315 g/mol. The second-order valence-corrected chi connectivity index (χ2v) is 5.87. The zero-order valence-corrected chi connectivity index (χ0v) is 12.1. The highest BCUT2D eigenvalue weighted by Crippen LogP contribution is 2.32. The number of aryl methyl sites for hydroxylation is 1. The summed E-state index contributed by atoms with van der Waals surface area (Å²) in [6.07, 6.45) is 4.31. The summed E-state index contributed by atoms with van der Waals surface area (Å²) in [4.78, 5) is 12.0. The summed E-state index contributed by atoms with van der Waals surface area (Å²) in [5.74, 6) is 0.268. The van der Waals surface area contributed by atoms with E-state index < -0.39 is 0 Å². The fourth-order valence-corrected chi connectivity index (χ4v) is 3.29. The minimum absolute atomic E-state index is 0.106. The molecular weight excluding hydrogens is 302 g/mol. The number of nitrogens with one attached hydrogen (secondary N) is 1. The third-order valence-electron chi connectivity index (χ3n) is 3.23. The molecule has 0 atom stereocenters. The normalized spacial score (nSPS) is 16.2. The molecule has 0 radical (unpaired) electrons. The van der Waals surface area contributed by atoms with E-state index in [0.29, 0.717) is 5.02 Å². The van der Waals surface area contributed by atoms with Crippen molar-refractivity contribution in [2.75, 3.05) is 5.32 Å². The molecule has 2 rings (SSSR count). The molecule has 1 fully saturated rings. The topological polar surface area (TPSA) is 29.1 Å². The molecule has 92 valence electrons. The lowest BCUT2D eigenvalue weighted by molar-refractivity contribution is -0.119. The van der Waals surface area contributed by atoms with Crippen LogP contribution in [0.25, 0.3) is 0 Å². The first-order valence-electron chi connectivity index (χ1n) is 5.84. The van der Waals surface area contributed by atoms with E-state index in [4.69, 9.17) is 11.6 Å². The summed E-state index contributed by atoms with van der Waals surface area (Å²) in [7, 11) is 0. The van der Waals surface area contributed by atoms with E-state index in [1.54, 1.807) is 6.07 Å². The van der Waals surface area contributed by atoms with Crippen LogP contribution >= 0.6 is 27.5 Å². The molecule has 4 heteroatoms. The van der Waals surface area contributed by atoms with Crippen LogP contribution in [-0.4, -0.2) is 5.91 Å². The summed E-state index contributed by atoms with van der Waals surface area (Å²) >= 11 is 9.52. The van der Waals surface area contributed by atoms with E-state index >= 15 is 0 Å². The number of amides is 1. The Morgan fingerprint density at radius 2 is 2.06 bits per heavy atom. The molecule has 1 aliphatic carbocycles. The van der Waals surface area contributed by atoms with Gasteiger partial charge in [0.15, 0.2) is 0 Å². The highest BCUT2D eigenvalue weighted by atomic mass is 79.9. The molecule has 1 aromatic rings. The highest BCUT2D eigenvalue weighted by Gasteiger charge is 2.23. The van der Waals surface area contributed by atoms with E-state index in [1.807, 2.05) is 13.0 Å². The fraction of sp³-hybridized carbons (Fsp3) is 0.462. The van der Waals surface area contributed by atoms with Crippen molar-refractivity contribution in [1.29, 1.82) is 0 Å². The minimum atomic E-state index is 0.106. The van der Waals surface area contributed by atoms with Gasteiger partial charge in [0.05, 0.1) is 10.7 Å². The first-order valence-corrected chi connectivity index (χ1v) is 7.01. The molecule has 0 bridgehead atoms. The Balaban J connectivity index is 2.15. The zero-order chi connectivity index (χ0) is 12.4. The van der Waals surface area contributed by atoms with Gasteiger partial charge in [-0.2, -0.15) is 0 Å². The van der Waals surface area contributed by atoms with Crippen molar-refractivity contribution in [2.24, 2.45) is 5.92 Å². The number of hydrogen-bond donors (Lipinski definition) is 1. The van der Waals surface area contributed by atoms with Crippen molar-refractivity contribution >= 4 is 39.1 Å². The van der Waals surface area contributed by atoms with Gasteiger partial charge >= 0.3 is 0 Å². The molecule has 0 aliphatic heterocycles. The Morgan fingerprint density at radius 1 is 1.41 bits per heavy atom. The van der Waals surface area contributed by atoms with Crippen LogP contribution in [0.1, 0.15) is 31.2 Å². The Labute approximate surface area is 115 Å².